The summed E-state index contributed by atoms with van der Waals surface area (Å²) in [6.07, 6.45) is 0. The van der Waals surface area contributed by atoms with Crippen LogP contribution in [0.2, 0.25) is 0 Å². The first-order valence-electron chi connectivity index (χ1n) is 6.25. The van der Waals surface area contributed by atoms with Gasteiger partial charge in [-0.1, -0.05) is 12.1 Å². The Morgan fingerprint density at radius 3 is 2.75 bits per heavy atom. The quantitative estimate of drug-likeness (QED) is 0.925. The van der Waals surface area contributed by atoms with Gasteiger partial charge in [-0.2, -0.15) is 0 Å². The minimum Gasteiger partial charge on any atom is -0.380 e. The van der Waals surface area contributed by atoms with E-state index in [0.717, 1.165) is 5.56 Å². The topological polar surface area (TPSA) is 38.3 Å². The van der Waals surface area contributed by atoms with Crippen molar-refractivity contribution in [3.8, 4) is 0 Å². The first-order valence-corrected chi connectivity index (χ1v) is 6.25. The van der Waals surface area contributed by atoms with Crippen LogP contribution in [0.25, 0.3) is 0 Å². The van der Waals surface area contributed by atoms with Gasteiger partial charge < -0.3 is 10.1 Å². The molecule has 0 aliphatic heterocycles. The molecule has 0 aliphatic carbocycles. The Hall–Kier alpha value is -2.20. The number of halogens is 1. The zero-order chi connectivity index (χ0) is 14.5. The molecule has 2 rings (SSSR count). The number of rotatable bonds is 4. The van der Waals surface area contributed by atoms with Crippen molar-refractivity contribution in [2.45, 2.75) is 13.5 Å². The zero-order valence-corrected chi connectivity index (χ0v) is 11.4. The Kier molecular flexibility index (Phi) is 4.48. The second-order valence-electron chi connectivity index (χ2n) is 4.55. The summed E-state index contributed by atoms with van der Waals surface area (Å²) in [5.74, 6) is -0.599. The van der Waals surface area contributed by atoms with E-state index in [2.05, 4.69) is 5.32 Å². The highest BCUT2D eigenvalue weighted by molar-refractivity contribution is 6.05. The van der Waals surface area contributed by atoms with Crippen LogP contribution in [-0.2, 0) is 11.3 Å². The molecule has 0 saturated carbocycles. The molecule has 2 aromatic rings. The van der Waals surface area contributed by atoms with E-state index in [0.29, 0.717) is 23.4 Å². The van der Waals surface area contributed by atoms with E-state index in [1.165, 1.54) is 18.2 Å². The maximum absolute atomic E-state index is 13.0. The van der Waals surface area contributed by atoms with Crippen molar-refractivity contribution in [1.29, 1.82) is 0 Å². The number of nitrogens with one attached hydrogen (secondary N) is 1. The monoisotopic (exact) mass is 273 g/mol. The molecule has 0 spiro atoms. The standard InChI is InChI=1S/C16H16FNO2/c1-11-8-13(17)6-7-15(11)16(19)18-14-5-3-4-12(9-14)10-20-2/h3-9H,10H2,1-2H3,(H,18,19). The number of anilines is 1. The van der Waals surface area contributed by atoms with E-state index < -0.39 is 0 Å². The molecule has 0 aromatic heterocycles. The van der Waals surface area contributed by atoms with E-state index in [4.69, 9.17) is 4.74 Å². The second kappa shape index (κ2) is 6.30. The summed E-state index contributed by atoms with van der Waals surface area (Å²) in [6, 6.07) is 11.5. The van der Waals surface area contributed by atoms with Crippen LogP contribution in [0.5, 0.6) is 0 Å². The van der Waals surface area contributed by atoms with Gasteiger partial charge in [-0.3, -0.25) is 4.79 Å². The molecule has 1 N–H and O–H groups in total. The van der Waals surface area contributed by atoms with Crippen molar-refractivity contribution >= 4 is 11.6 Å². The van der Waals surface area contributed by atoms with Crippen LogP contribution in [-0.4, -0.2) is 13.0 Å². The fourth-order valence-electron chi connectivity index (χ4n) is 1.99. The number of aryl methyl sites for hydroxylation is 1. The van der Waals surface area contributed by atoms with Crippen LogP contribution < -0.4 is 5.32 Å². The lowest BCUT2D eigenvalue weighted by Gasteiger charge is -2.09. The minimum atomic E-state index is -0.346. The summed E-state index contributed by atoms with van der Waals surface area (Å²) in [5, 5.41) is 2.80. The number of benzene rings is 2. The number of methoxy groups -OCH3 is 1. The summed E-state index contributed by atoms with van der Waals surface area (Å²) >= 11 is 0. The molecule has 2 aromatic carbocycles. The number of amides is 1. The Morgan fingerprint density at radius 1 is 1.25 bits per heavy atom. The van der Waals surface area contributed by atoms with E-state index in [1.807, 2.05) is 18.2 Å². The van der Waals surface area contributed by atoms with Crippen molar-refractivity contribution in [3.05, 3.63) is 65.0 Å². The Balaban J connectivity index is 2.17. The lowest BCUT2D eigenvalue weighted by molar-refractivity contribution is 0.102. The highest BCUT2D eigenvalue weighted by Gasteiger charge is 2.10. The molecule has 0 radical (unpaired) electrons. The highest BCUT2D eigenvalue weighted by Crippen LogP contribution is 2.15. The lowest BCUT2D eigenvalue weighted by Crippen LogP contribution is -2.13. The molecule has 0 unspecified atom stereocenters. The molecule has 0 aliphatic rings. The smallest absolute Gasteiger partial charge is 0.255 e. The molecule has 104 valence electrons. The maximum Gasteiger partial charge on any atom is 0.255 e. The molecule has 0 atom stereocenters. The number of carbonyl (C=O) groups is 1. The number of carbonyl (C=O) groups excluding carboxylic acids is 1. The van der Waals surface area contributed by atoms with Crippen molar-refractivity contribution < 1.29 is 13.9 Å². The van der Waals surface area contributed by atoms with E-state index in [9.17, 15) is 9.18 Å². The molecule has 0 heterocycles. The van der Waals surface area contributed by atoms with Gasteiger partial charge >= 0.3 is 0 Å². The zero-order valence-electron chi connectivity index (χ0n) is 11.4. The normalized spacial score (nSPS) is 10.3. The molecule has 3 nitrogen and oxygen atoms in total. The third-order valence-corrected chi connectivity index (χ3v) is 2.93. The summed E-state index contributed by atoms with van der Waals surface area (Å²) in [4.78, 5) is 12.2. The van der Waals surface area contributed by atoms with Crippen LogP contribution in [0.4, 0.5) is 10.1 Å². The van der Waals surface area contributed by atoms with Gasteiger partial charge in [-0.15, -0.1) is 0 Å². The Morgan fingerprint density at radius 2 is 2.05 bits per heavy atom. The van der Waals surface area contributed by atoms with Crippen molar-refractivity contribution in [1.82, 2.24) is 0 Å². The molecule has 0 bridgehead atoms. The first-order chi connectivity index (χ1) is 9.60. The third kappa shape index (κ3) is 3.42. The van der Waals surface area contributed by atoms with Crippen molar-refractivity contribution in [2.24, 2.45) is 0 Å². The van der Waals surface area contributed by atoms with Crippen LogP contribution in [0, 0.1) is 12.7 Å². The Labute approximate surface area is 117 Å². The molecule has 4 heteroatoms. The Bertz CT molecular complexity index is 626. The molecular formula is C16H16FNO2. The van der Waals surface area contributed by atoms with E-state index in [-0.39, 0.29) is 11.7 Å². The average molecular weight is 273 g/mol. The maximum atomic E-state index is 13.0. The third-order valence-electron chi connectivity index (χ3n) is 2.93. The first kappa shape index (κ1) is 14.2. The average Bonchev–Trinajstić information content (AvgIpc) is 2.39. The van der Waals surface area contributed by atoms with E-state index in [1.54, 1.807) is 20.1 Å². The highest BCUT2D eigenvalue weighted by atomic mass is 19.1. The lowest BCUT2D eigenvalue weighted by atomic mass is 10.1. The number of hydrogen-bond acceptors (Lipinski definition) is 2. The molecule has 20 heavy (non-hydrogen) atoms. The fraction of sp³-hybridized carbons (Fsp3) is 0.188. The summed E-state index contributed by atoms with van der Waals surface area (Å²) in [5.41, 5.74) is 2.73. The van der Waals surface area contributed by atoms with Gasteiger partial charge in [0.25, 0.3) is 5.91 Å². The van der Waals surface area contributed by atoms with Gasteiger partial charge in [0.1, 0.15) is 5.82 Å². The van der Waals surface area contributed by atoms with Crippen LogP contribution in [0.15, 0.2) is 42.5 Å². The summed E-state index contributed by atoms with van der Waals surface area (Å²) < 4.78 is 18.1. The number of ether oxygens (including phenoxy) is 1. The van der Waals surface area contributed by atoms with Crippen LogP contribution >= 0.6 is 0 Å². The summed E-state index contributed by atoms with van der Waals surface area (Å²) in [6.45, 7) is 2.19. The SMILES string of the molecule is COCc1cccc(NC(=O)c2ccc(F)cc2C)c1. The molecule has 0 fully saturated rings. The van der Waals surface area contributed by atoms with Crippen molar-refractivity contribution in [2.75, 3.05) is 12.4 Å². The molecular weight excluding hydrogens is 257 g/mol. The van der Waals surface area contributed by atoms with Gasteiger partial charge in [0.05, 0.1) is 6.61 Å². The largest absolute Gasteiger partial charge is 0.380 e. The van der Waals surface area contributed by atoms with Crippen LogP contribution in [0.1, 0.15) is 21.5 Å². The van der Waals surface area contributed by atoms with Gasteiger partial charge in [-0.05, 0) is 48.4 Å². The van der Waals surface area contributed by atoms with Gasteiger partial charge in [0.2, 0.25) is 0 Å². The van der Waals surface area contributed by atoms with Crippen LogP contribution in [0.3, 0.4) is 0 Å². The second-order valence-corrected chi connectivity index (χ2v) is 4.55. The number of hydrogen-bond donors (Lipinski definition) is 1. The van der Waals surface area contributed by atoms with Gasteiger partial charge in [0, 0.05) is 18.4 Å². The van der Waals surface area contributed by atoms with Gasteiger partial charge in [0.15, 0.2) is 0 Å². The van der Waals surface area contributed by atoms with Crippen molar-refractivity contribution in [3.63, 3.8) is 0 Å². The minimum absolute atomic E-state index is 0.253. The predicted octanol–water partition coefficient (Wildman–Crippen LogP) is 3.53. The van der Waals surface area contributed by atoms with E-state index >= 15 is 0 Å². The summed E-state index contributed by atoms with van der Waals surface area (Å²) in [7, 11) is 1.62. The predicted molar refractivity (Wildman–Crippen MR) is 76.2 cm³/mol. The van der Waals surface area contributed by atoms with Gasteiger partial charge in [-0.25, -0.2) is 4.39 Å². The molecule has 0 saturated heterocycles. The fourth-order valence-corrected chi connectivity index (χ4v) is 1.99. The molecule has 1 amide bonds.